The summed E-state index contributed by atoms with van der Waals surface area (Å²) in [6, 6.07) is 7.93. The number of benzene rings is 1. The van der Waals surface area contributed by atoms with Gasteiger partial charge in [-0.2, -0.15) is 8.42 Å². The Hall–Kier alpha value is -1.24. The third-order valence-corrected chi connectivity index (χ3v) is 4.03. The topological polar surface area (TPSA) is 69.7 Å². The second-order valence-electron chi connectivity index (χ2n) is 4.06. The molecule has 1 aliphatic heterocycles. The predicted molar refractivity (Wildman–Crippen MR) is 63.5 cm³/mol. The van der Waals surface area contributed by atoms with Gasteiger partial charge in [0.25, 0.3) is 10.1 Å². The number of hydrogen-bond acceptors (Lipinski definition) is 5. The standard InChI is InChI=1S/C12H14O5S/c13-8-10-6-7-11(17-10)9-16-18(14,15)12-4-2-1-3-5-12/h1-5,8,10-11H,6-7,9H2/t10-,11-/m0/s1. The molecule has 1 saturated heterocycles. The van der Waals surface area contributed by atoms with Gasteiger partial charge in [-0.1, -0.05) is 18.2 Å². The van der Waals surface area contributed by atoms with E-state index < -0.39 is 16.2 Å². The smallest absolute Gasteiger partial charge is 0.297 e. The third kappa shape index (κ3) is 3.16. The van der Waals surface area contributed by atoms with E-state index in [0.717, 1.165) is 6.29 Å². The van der Waals surface area contributed by atoms with Gasteiger partial charge in [-0.15, -0.1) is 0 Å². The first-order valence-electron chi connectivity index (χ1n) is 5.67. The van der Waals surface area contributed by atoms with Gasteiger partial charge in [0.1, 0.15) is 12.4 Å². The van der Waals surface area contributed by atoms with Crippen LogP contribution < -0.4 is 0 Å². The van der Waals surface area contributed by atoms with Gasteiger partial charge >= 0.3 is 0 Å². The van der Waals surface area contributed by atoms with Gasteiger partial charge in [-0.25, -0.2) is 0 Å². The van der Waals surface area contributed by atoms with E-state index >= 15 is 0 Å². The quantitative estimate of drug-likeness (QED) is 0.592. The van der Waals surface area contributed by atoms with Crippen molar-refractivity contribution in [1.82, 2.24) is 0 Å². The molecule has 0 aliphatic carbocycles. The first-order chi connectivity index (χ1) is 8.62. The molecule has 0 amide bonds. The van der Waals surface area contributed by atoms with E-state index in [1.807, 2.05) is 0 Å². The van der Waals surface area contributed by atoms with E-state index in [4.69, 9.17) is 8.92 Å². The van der Waals surface area contributed by atoms with Gasteiger partial charge in [0.15, 0.2) is 0 Å². The van der Waals surface area contributed by atoms with Gasteiger partial charge in [-0.05, 0) is 25.0 Å². The van der Waals surface area contributed by atoms with Gasteiger partial charge in [0.2, 0.25) is 0 Å². The molecular formula is C12H14O5S. The van der Waals surface area contributed by atoms with E-state index in [2.05, 4.69) is 0 Å². The van der Waals surface area contributed by atoms with Crippen LogP contribution in [0.4, 0.5) is 0 Å². The molecule has 0 aromatic heterocycles. The van der Waals surface area contributed by atoms with Crippen LogP contribution in [0.5, 0.6) is 0 Å². The number of aldehydes is 1. The molecule has 1 heterocycles. The van der Waals surface area contributed by atoms with Crippen LogP contribution in [0.25, 0.3) is 0 Å². The Labute approximate surface area is 106 Å². The first-order valence-corrected chi connectivity index (χ1v) is 7.08. The van der Waals surface area contributed by atoms with E-state index in [1.54, 1.807) is 18.2 Å². The summed E-state index contributed by atoms with van der Waals surface area (Å²) in [6.45, 7) is -0.0540. The largest absolute Gasteiger partial charge is 0.365 e. The zero-order valence-electron chi connectivity index (χ0n) is 9.69. The van der Waals surface area contributed by atoms with Crippen molar-refractivity contribution < 1.29 is 22.1 Å². The van der Waals surface area contributed by atoms with Crippen molar-refractivity contribution in [3.8, 4) is 0 Å². The van der Waals surface area contributed by atoms with Crippen LogP contribution in [0.3, 0.4) is 0 Å². The molecule has 1 aromatic rings. The Balaban J connectivity index is 1.92. The number of carbonyl (C=O) groups excluding carboxylic acids is 1. The lowest BCUT2D eigenvalue weighted by molar-refractivity contribution is -0.117. The number of hydrogen-bond donors (Lipinski definition) is 0. The predicted octanol–water partition coefficient (Wildman–Crippen LogP) is 1.14. The average Bonchev–Trinajstić information content (AvgIpc) is 2.86. The zero-order valence-corrected chi connectivity index (χ0v) is 10.5. The minimum atomic E-state index is -3.74. The van der Waals surface area contributed by atoms with E-state index in [9.17, 15) is 13.2 Å². The van der Waals surface area contributed by atoms with Crippen LogP contribution in [0.1, 0.15) is 12.8 Å². The molecule has 0 radical (unpaired) electrons. The Morgan fingerprint density at radius 1 is 1.28 bits per heavy atom. The summed E-state index contributed by atoms with van der Waals surface area (Å²) in [7, 11) is -3.74. The molecule has 2 atom stereocenters. The maximum atomic E-state index is 11.8. The van der Waals surface area contributed by atoms with Gasteiger partial charge < -0.3 is 9.53 Å². The summed E-state index contributed by atoms with van der Waals surface area (Å²) in [6.07, 6.45) is 1.21. The second kappa shape index (κ2) is 5.60. The highest BCUT2D eigenvalue weighted by Gasteiger charge is 2.27. The molecule has 18 heavy (non-hydrogen) atoms. The monoisotopic (exact) mass is 270 g/mol. The summed E-state index contributed by atoms with van der Waals surface area (Å²) in [5.41, 5.74) is 0. The lowest BCUT2D eigenvalue weighted by Crippen LogP contribution is -2.20. The normalized spacial score (nSPS) is 24.0. The molecule has 98 valence electrons. The molecule has 1 fully saturated rings. The van der Waals surface area contributed by atoms with Crippen LogP contribution in [-0.4, -0.2) is 33.5 Å². The molecule has 2 rings (SSSR count). The molecule has 0 spiro atoms. The Morgan fingerprint density at radius 3 is 2.61 bits per heavy atom. The van der Waals surface area contributed by atoms with E-state index in [1.165, 1.54) is 12.1 Å². The van der Waals surface area contributed by atoms with Crippen LogP contribution in [0, 0.1) is 0 Å². The molecule has 1 aromatic carbocycles. The molecular weight excluding hydrogens is 256 g/mol. The van der Waals surface area contributed by atoms with Gasteiger partial charge in [-0.3, -0.25) is 4.18 Å². The maximum absolute atomic E-state index is 11.8. The molecule has 0 saturated carbocycles. The highest BCUT2D eigenvalue weighted by atomic mass is 32.2. The molecule has 6 heteroatoms. The number of ether oxygens (including phenoxy) is 1. The van der Waals surface area contributed by atoms with Crippen molar-refractivity contribution in [3.63, 3.8) is 0 Å². The number of rotatable bonds is 5. The van der Waals surface area contributed by atoms with Crippen LogP contribution in [0.2, 0.25) is 0 Å². The van der Waals surface area contributed by atoms with Crippen molar-refractivity contribution >= 4 is 16.4 Å². The first kappa shape index (κ1) is 13.2. The Kier molecular flexibility index (Phi) is 4.11. The molecule has 1 aliphatic rings. The third-order valence-electron chi connectivity index (χ3n) is 2.73. The van der Waals surface area contributed by atoms with Crippen LogP contribution in [0.15, 0.2) is 35.2 Å². The fraction of sp³-hybridized carbons (Fsp3) is 0.417. The van der Waals surface area contributed by atoms with E-state index in [0.29, 0.717) is 12.8 Å². The fourth-order valence-electron chi connectivity index (χ4n) is 1.78. The van der Waals surface area contributed by atoms with Crippen LogP contribution >= 0.6 is 0 Å². The summed E-state index contributed by atoms with van der Waals surface area (Å²) >= 11 is 0. The minimum absolute atomic E-state index is 0.0540. The fourth-order valence-corrected chi connectivity index (χ4v) is 2.73. The van der Waals surface area contributed by atoms with Gasteiger partial charge in [0.05, 0.1) is 17.6 Å². The minimum Gasteiger partial charge on any atom is -0.365 e. The summed E-state index contributed by atoms with van der Waals surface area (Å²) < 4.78 is 33.8. The highest BCUT2D eigenvalue weighted by molar-refractivity contribution is 7.86. The van der Waals surface area contributed by atoms with Crippen molar-refractivity contribution in [3.05, 3.63) is 30.3 Å². The summed E-state index contributed by atoms with van der Waals surface area (Å²) in [5.74, 6) is 0. The van der Waals surface area contributed by atoms with Gasteiger partial charge in [0, 0.05) is 0 Å². The van der Waals surface area contributed by atoms with E-state index in [-0.39, 0.29) is 17.6 Å². The molecule has 0 unspecified atom stereocenters. The van der Waals surface area contributed by atoms with Crippen LogP contribution in [-0.2, 0) is 23.8 Å². The van der Waals surface area contributed by atoms with Crippen molar-refractivity contribution in [2.24, 2.45) is 0 Å². The SMILES string of the molecule is O=C[C@@H]1CC[C@@H](COS(=O)(=O)c2ccccc2)O1. The molecule has 0 bridgehead atoms. The van der Waals surface area contributed by atoms with Crippen molar-refractivity contribution in [2.75, 3.05) is 6.61 Å². The zero-order chi connectivity index (χ0) is 13.0. The highest BCUT2D eigenvalue weighted by Crippen LogP contribution is 2.20. The molecule has 0 N–H and O–H groups in total. The maximum Gasteiger partial charge on any atom is 0.297 e. The number of carbonyl (C=O) groups is 1. The lowest BCUT2D eigenvalue weighted by atomic mass is 10.2. The Morgan fingerprint density at radius 2 is 2.00 bits per heavy atom. The summed E-state index contributed by atoms with van der Waals surface area (Å²) in [4.78, 5) is 10.6. The van der Waals surface area contributed by atoms with Crippen molar-refractivity contribution in [2.45, 2.75) is 29.9 Å². The molecule has 5 nitrogen and oxygen atoms in total. The Bertz CT molecular complexity index is 496. The average molecular weight is 270 g/mol. The van der Waals surface area contributed by atoms with Crippen molar-refractivity contribution in [1.29, 1.82) is 0 Å². The summed E-state index contributed by atoms with van der Waals surface area (Å²) in [5, 5.41) is 0. The lowest BCUT2D eigenvalue weighted by Gasteiger charge is -2.11. The second-order valence-corrected chi connectivity index (χ2v) is 5.68.